The molecule has 0 unspecified atom stereocenters. The maximum Gasteiger partial charge on any atom is 0.193 e. The number of imidazole rings is 1. The molecule has 2 aromatic heterocycles. The second-order valence-electron chi connectivity index (χ2n) is 5.72. The Morgan fingerprint density at radius 1 is 1.36 bits per heavy atom. The van der Waals surface area contributed by atoms with Crippen molar-refractivity contribution in [1.82, 2.24) is 14.3 Å². The van der Waals surface area contributed by atoms with Gasteiger partial charge in [0.1, 0.15) is 0 Å². The van der Waals surface area contributed by atoms with Gasteiger partial charge in [-0.05, 0) is 30.2 Å². The molecule has 3 heterocycles. The fourth-order valence-corrected chi connectivity index (χ4v) is 3.91. The van der Waals surface area contributed by atoms with Gasteiger partial charge in [0, 0.05) is 30.4 Å². The van der Waals surface area contributed by atoms with Crippen LogP contribution in [0.2, 0.25) is 0 Å². The Morgan fingerprint density at radius 2 is 2.32 bits per heavy atom. The minimum Gasteiger partial charge on any atom is -0.379 e. The Balaban J connectivity index is 1.55. The van der Waals surface area contributed by atoms with E-state index in [0.717, 1.165) is 37.6 Å². The van der Waals surface area contributed by atoms with Crippen molar-refractivity contribution in [3.05, 3.63) is 52.8 Å². The fraction of sp³-hybridized carbons (Fsp3) is 0.353. The second-order valence-corrected chi connectivity index (χ2v) is 6.59. The van der Waals surface area contributed by atoms with Crippen LogP contribution in [0.3, 0.4) is 0 Å². The summed E-state index contributed by atoms with van der Waals surface area (Å²) >= 11 is 1.67. The summed E-state index contributed by atoms with van der Waals surface area (Å²) in [5.41, 5.74) is 5.43. The zero-order valence-corrected chi connectivity index (χ0v) is 13.6. The van der Waals surface area contributed by atoms with E-state index in [2.05, 4.69) is 56.3 Å². The smallest absolute Gasteiger partial charge is 0.193 e. The molecule has 0 saturated carbocycles. The van der Waals surface area contributed by atoms with Crippen LogP contribution in [0.5, 0.6) is 0 Å². The van der Waals surface area contributed by atoms with E-state index in [-0.39, 0.29) is 0 Å². The average molecular weight is 312 g/mol. The van der Waals surface area contributed by atoms with Crippen molar-refractivity contribution in [1.29, 1.82) is 0 Å². The summed E-state index contributed by atoms with van der Waals surface area (Å²) in [5.74, 6) is 0. The van der Waals surface area contributed by atoms with Crippen molar-refractivity contribution in [3.63, 3.8) is 0 Å². The molecular formula is C17H20N4S. The first-order chi connectivity index (χ1) is 10.8. The molecule has 1 N–H and O–H groups in total. The SMILES string of the molecule is CCN1CCc2c(cccc2NCc2cnc3sccn23)C1. The Kier molecular flexibility index (Phi) is 3.60. The van der Waals surface area contributed by atoms with E-state index in [0.29, 0.717) is 0 Å². The lowest BCUT2D eigenvalue weighted by Crippen LogP contribution is -2.30. The Bertz CT molecular complexity index is 789. The maximum absolute atomic E-state index is 4.43. The summed E-state index contributed by atoms with van der Waals surface area (Å²) in [6.07, 6.45) is 5.18. The highest BCUT2D eigenvalue weighted by molar-refractivity contribution is 7.15. The Labute approximate surface area is 134 Å². The van der Waals surface area contributed by atoms with Gasteiger partial charge < -0.3 is 5.32 Å². The van der Waals surface area contributed by atoms with Crippen LogP contribution < -0.4 is 5.32 Å². The van der Waals surface area contributed by atoms with Crippen LogP contribution in [0.25, 0.3) is 4.96 Å². The van der Waals surface area contributed by atoms with Crippen LogP contribution in [0.1, 0.15) is 23.7 Å². The molecule has 1 aliphatic heterocycles. The summed E-state index contributed by atoms with van der Waals surface area (Å²) in [6, 6.07) is 6.63. The largest absolute Gasteiger partial charge is 0.379 e. The highest BCUT2D eigenvalue weighted by Gasteiger charge is 2.17. The Hall–Kier alpha value is -1.85. The molecule has 0 saturated heterocycles. The van der Waals surface area contributed by atoms with Crippen molar-refractivity contribution in [2.45, 2.75) is 26.4 Å². The lowest BCUT2D eigenvalue weighted by Gasteiger charge is -2.29. The van der Waals surface area contributed by atoms with E-state index >= 15 is 0 Å². The van der Waals surface area contributed by atoms with Gasteiger partial charge in [-0.15, -0.1) is 11.3 Å². The average Bonchev–Trinajstić information content (AvgIpc) is 3.16. The third kappa shape index (κ3) is 2.40. The van der Waals surface area contributed by atoms with Gasteiger partial charge in [0.05, 0.1) is 18.4 Å². The van der Waals surface area contributed by atoms with Crippen molar-refractivity contribution in [2.24, 2.45) is 0 Å². The minimum absolute atomic E-state index is 0.811. The number of aromatic nitrogens is 2. The van der Waals surface area contributed by atoms with Gasteiger partial charge in [-0.3, -0.25) is 9.30 Å². The number of fused-ring (bicyclic) bond motifs is 2. The molecule has 3 aromatic rings. The third-order valence-electron chi connectivity index (χ3n) is 4.48. The first-order valence-electron chi connectivity index (χ1n) is 7.81. The van der Waals surface area contributed by atoms with E-state index < -0.39 is 0 Å². The summed E-state index contributed by atoms with van der Waals surface area (Å²) < 4.78 is 2.16. The van der Waals surface area contributed by atoms with E-state index in [9.17, 15) is 0 Å². The van der Waals surface area contributed by atoms with Crippen LogP contribution in [-0.4, -0.2) is 27.4 Å². The van der Waals surface area contributed by atoms with Gasteiger partial charge in [0.15, 0.2) is 4.96 Å². The van der Waals surface area contributed by atoms with E-state index in [1.54, 1.807) is 11.3 Å². The normalized spacial score (nSPS) is 15.1. The van der Waals surface area contributed by atoms with Crippen molar-refractivity contribution in [3.8, 4) is 0 Å². The number of likely N-dealkylation sites (N-methyl/N-ethyl adjacent to an activating group) is 1. The van der Waals surface area contributed by atoms with Crippen LogP contribution in [0.15, 0.2) is 36.0 Å². The number of thiazole rings is 1. The lowest BCUT2D eigenvalue weighted by molar-refractivity contribution is 0.268. The molecule has 114 valence electrons. The van der Waals surface area contributed by atoms with Gasteiger partial charge in [-0.25, -0.2) is 4.98 Å². The van der Waals surface area contributed by atoms with E-state index in [1.165, 1.54) is 22.5 Å². The number of hydrogen-bond acceptors (Lipinski definition) is 4. The highest BCUT2D eigenvalue weighted by atomic mass is 32.1. The standard InChI is InChI=1S/C17H20N4S/c1-2-20-7-6-15-13(12-20)4-3-5-16(15)18-10-14-11-19-17-21(14)8-9-22-17/h3-5,8-9,11,18H,2,6-7,10,12H2,1H3. The van der Waals surface area contributed by atoms with Crippen molar-refractivity contribution in [2.75, 3.05) is 18.4 Å². The zero-order valence-electron chi connectivity index (χ0n) is 12.7. The maximum atomic E-state index is 4.43. The topological polar surface area (TPSA) is 32.6 Å². The lowest BCUT2D eigenvalue weighted by atomic mass is 9.97. The number of rotatable bonds is 4. The van der Waals surface area contributed by atoms with Crippen molar-refractivity contribution >= 4 is 22.0 Å². The molecule has 4 nitrogen and oxygen atoms in total. The van der Waals surface area contributed by atoms with Crippen LogP contribution in [0, 0.1) is 0 Å². The van der Waals surface area contributed by atoms with E-state index in [1.807, 2.05) is 6.20 Å². The predicted molar refractivity (Wildman–Crippen MR) is 91.5 cm³/mol. The Morgan fingerprint density at radius 3 is 3.23 bits per heavy atom. The quantitative estimate of drug-likeness (QED) is 0.801. The number of anilines is 1. The zero-order chi connectivity index (χ0) is 14.9. The molecule has 22 heavy (non-hydrogen) atoms. The van der Waals surface area contributed by atoms with Crippen LogP contribution in [0.4, 0.5) is 5.69 Å². The molecule has 0 aliphatic carbocycles. The second kappa shape index (κ2) is 5.74. The summed E-state index contributed by atoms with van der Waals surface area (Å²) in [5, 5.41) is 5.69. The number of benzene rings is 1. The number of nitrogens with one attached hydrogen (secondary N) is 1. The number of nitrogens with zero attached hydrogens (tertiary/aromatic N) is 3. The molecule has 0 atom stereocenters. The number of hydrogen-bond donors (Lipinski definition) is 1. The molecule has 1 aliphatic rings. The predicted octanol–water partition coefficient (Wildman–Crippen LogP) is 3.39. The highest BCUT2D eigenvalue weighted by Crippen LogP contribution is 2.26. The first kappa shape index (κ1) is 13.8. The van der Waals surface area contributed by atoms with Gasteiger partial charge >= 0.3 is 0 Å². The molecule has 4 rings (SSSR count). The summed E-state index contributed by atoms with van der Waals surface area (Å²) in [6.45, 7) is 6.40. The van der Waals surface area contributed by atoms with Gasteiger partial charge in [0.2, 0.25) is 0 Å². The molecular weight excluding hydrogens is 292 g/mol. The van der Waals surface area contributed by atoms with E-state index in [4.69, 9.17) is 0 Å². The van der Waals surface area contributed by atoms with Crippen LogP contribution in [-0.2, 0) is 19.5 Å². The molecule has 5 heteroatoms. The molecule has 1 aromatic carbocycles. The van der Waals surface area contributed by atoms with Crippen LogP contribution >= 0.6 is 11.3 Å². The first-order valence-corrected chi connectivity index (χ1v) is 8.69. The van der Waals surface area contributed by atoms with Gasteiger partial charge in [-0.1, -0.05) is 19.1 Å². The molecule has 0 amide bonds. The molecule has 0 radical (unpaired) electrons. The summed E-state index contributed by atoms with van der Waals surface area (Å²) in [7, 11) is 0. The fourth-order valence-electron chi connectivity index (χ4n) is 3.20. The van der Waals surface area contributed by atoms with Crippen molar-refractivity contribution < 1.29 is 0 Å². The molecule has 0 spiro atoms. The third-order valence-corrected chi connectivity index (χ3v) is 5.25. The van der Waals surface area contributed by atoms with Gasteiger partial charge in [-0.2, -0.15) is 0 Å². The van der Waals surface area contributed by atoms with Gasteiger partial charge in [0.25, 0.3) is 0 Å². The monoisotopic (exact) mass is 312 g/mol. The summed E-state index contributed by atoms with van der Waals surface area (Å²) in [4.78, 5) is 7.99. The molecule has 0 fully saturated rings. The minimum atomic E-state index is 0.811. The molecule has 0 bridgehead atoms.